The van der Waals surface area contributed by atoms with Gasteiger partial charge in [0, 0.05) is 43.3 Å². The molecule has 120 valence electrons. The molecule has 0 saturated carbocycles. The zero-order chi connectivity index (χ0) is 14.8. The van der Waals surface area contributed by atoms with Crippen molar-refractivity contribution in [1.29, 1.82) is 0 Å². The summed E-state index contributed by atoms with van der Waals surface area (Å²) in [5, 5.41) is 0. The lowest BCUT2D eigenvalue weighted by Crippen LogP contribution is -2.39. The molecule has 0 aliphatic carbocycles. The van der Waals surface area contributed by atoms with Crippen LogP contribution in [0.3, 0.4) is 0 Å². The zero-order valence-corrected chi connectivity index (χ0v) is 13.3. The molecule has 5 nitrogen and oxygen atoms in total. The van der Waals surface area contributed by atoms with Gasteiger partial charge in [-0.15, -0.1) is 12.4 Å². The lowest BCUT2D eigenvalue weighted by atomic mass is 10.1. The average Bonchev–Trinajstić information content (AvgIpc) is 3.15. The van der Waals surface area contributed by atoms with Gasteiger partial charge in [0.25, 0.3) is 5.91 Å². The smallest absolute Gasteiger partial charge is 0.254 e. The van der Waals surface area contributed by atoms with E-state index in [1.54, 1.807) is 4.90 Å². The molecular formula is C16H22ClN3O2. The third kappa shape index (κ3) is 3.10. The van der Waals surface area contributed by atoms with Gasteiger partial charge in [-0.3, -0.25) is 9.59 Å². The standard InChI is InChI=1S/C16H21N3O2.ClH/c17-11-14-3-1-10-19(14)16(21)12-5-7-13(8-6-12)18-9-2-4-15(18)20;/h5-8,14H,1-4,9-11,17H2;1H. The summed E-state index contributed by atoms with van der Waals surface area (Å²) in [6, 6.07) is 7.52. The van der Waals surface area contributed by atoms with Crippen LogP contribution in [0.5, 0.6) is 0 Å². The van der Waals surface area contributed by atoms with Crippen LogP contribution in [0.15, 0.2) is 24.3 Å². The van der Waals surface area contributed by atoms with Crippen LogP contribution in [0.4, 0.5) is 5.69 Å². The van der Waals surface area contributed by atoms with Crippen molar-refractivity contribution in [3.8, 4) is 0 Å². The molecule has 3 rings (SSSR count). The lowest BCUT2D eigenvalue weighted by molar-refractivity contribution is -0.117. The van der Waals surface area contributed by atoms with E-state index in [0.29, 0.717) is 18.5 Å². The summed E-state index contributed by atoms with van der Waals surface area (Å²) in [6.45, 7) is 2.08. The average molecular weight is 324 g/mol. The Kier molecular flexibility index (Phi) is 5.42. The van der Waals surface area contributed by atoms with Crippen molar-refractivity contribution in [2.75, 3.05) is 24.5 Å². The van der Waals surface area contributed by atoms with E-state index in [2.05, 4.69) is 0 Å². The van der Waals surface area contributed by atoms with Crippen LogP contribution in [-0.4, -0.2) is 42.4 Å². The van der Waals surface area contributed by atoms with E-state index < -0.39 is 0 Å². The van der Waals surface area contributed by atoms with E-state index in [-0.39, 0.29) is 30.3 Å². The van der Waals surface area contributed by atoms with Crippen LogP contribution in [0.25, 0.3) is 0 Å². The number of likely N-dealkylation sites (tertiary alicyclic amines) is 1. The summed E-state index contributed by atoms with van der Waals surface area (Å²) in [6.07, 6.45) is 3.54. The van der Waals surface area contributed by atoms with Crippen molar-refractivity contribution in [3.63, 3.8) is 0 Å². The Balaban J connectivity index is 0.00000176. The van der Waals surface area contributed by atoms with Crippen molar-refractivity contribution < 1.29 is 9.59 Å². The number of hydrogen-bond acceptors (Lipinski definition) is 3. The number of benzene rings is 1. The fourth-order valence-electron chi connectivity index (χ4n) is 3.22. The molecule has 0 aromatic heterocycles. The van der Waals surface area contributed by atoms with Crippen molar-refractivity contribution in [1.82, 2.24) is 4.90 Å². The number of amides is 2. The molecule has 0 radical (unpaired) electrons. The van der Waals surface area contributed by atoms with E-state index in [0.717, 1.165) is 38.0 Å². The first kappa shape index (κ1) is 16.8. The zero-order valence-electron chi connectivity index (χ0n) is 12.5. The van der Waals surface area contributed by atoms with E-state index >= 15 is 0 Å². The predicted molar refractivity (Wildman–Crippen MR) is 88.4 cm³/mol. The monoisotopic (exact) mass is 323 g/mol. The second kappa shape index (κ2) is 7.11. The largest absolute Gasteiger partial charge is 0.334 e. The van der Waals surface area contributed by atoms with Crippen molar-refractivity contribution in [2.45, 2.75) is 31.7 Å². The molecule has 22 heavy (non-hydrogen) atoms. The first-order valence-electron chi connectivity index (χ1n) is 7.62. The molecule has 2 aliphatic heterocycles. The highest BCUT2D eigenvalue weighted by Gasteiger charge is 2.28. The minimum absolute atomic E-state index is 0. The molecule has 2 saturated heterocycles. The van der Waals surface area contributed by atoms with Gasteiger partial charge in [0.1, 0.15) is 0 Å². The quantitative estimate of drug-likeness (QED) is 0.922. The summed E-state index contributed by atoms with van der Waals surface area (Å²) >= 11 is 0. The number of carbonyl (C=O) groups is 2. The first-order chi connectivity index (χ1) is 10.2. The Morgan fingerprint density at radius 3 is 2.50 bits per heavy atom. The number of rotatable bonds is 3. The molecule has 0 bridgehead atoms. The number of anilines is 1. The summed E-state index contributed by atoms with van der Waals surface area (Å²) < 4.78 is 0. The Bertz CT molecular complexity index is 547. The van der Waals surface area contributed by atoms with Crippen LogP contribution in [0.2, 0.25) is 0 Å². The van der Waals surface area contributed by atoms with Gasteiger partial charge < -0.3 is 15.5 Å². The van der Waals surface area contributed by atoms with Gasteiger partial charge in [0.15, 0.2) is 0 Å². The molecule has 2 heterocycles. The molecule has 2 amide bonds. The van der Waals surface area contributed by atoms with Crippen LogP contribution >= 0.6 is 12.4 Å². The summed E-state index contributed by atoms with van der Waals surface area (Å²) in [4.78, 5) is 27.9. The molecule has 1 atom stereocenters. The van der Waals surface area contributed by atoms with Crippen LogP contribution < -0.4 is 10.6 Å². The minimum Gasteiger partial charge on any atom is -0.334 e. The molecule has 1 aromatic rings. The molecular weight excluding hydrogens is 302 g/mol. The van der Waals surface area contributed by atoms with E-state index in [1.807, 2.05) is 29.2 Å². The third-order valence-corrected chi connectivity index (χ3v) is 4.41. The van der Waals surface area contributed by atoms with Gasteiger partial charge in [-0.05, 0) is 43.5 Å². The molecule has 0 spiro atoms. The number of nitrogens with two attached hydrogens (primary N) is 1. The Morgan fingerprint density at radius 2 is 1.91 bits per heavy atom. The van der Waals surface area contributed by atoms with Crippen LogP contribution in [-0.2, 0) is 4.79 Å². The maximum absolute atomic E-state index is 12.5. The van der Waals surface area contributed by atoms with Gasteiger partial charge in [-0.1, -0.05) is 0 Å². The molecule has 6 heteroatoms. The van der Waals surface area contributed by atoms with Gasteiger partial charge >= 0.3 is 0 Å². The van der Waals surface area contributed by atoms with Crippen molar-refractivity contribution >= 4 is 29.9 Å². The number of nitrogens with zero attached hydrogens (tertiary/aromatic N) is 2. The second-order valence-electron chi connectivity index (χ2n) is 5.73. The van der Waals surface area contributed by atoms with Gasteiger partial charge in [-0.2, -0.15) is 0 Å². The molecule has 2 fully saturated rings. The van der Waals surface area contributed by atoms with E-state index in [9.17, 15) is 9.59 Å². The van der Waals surface area contributed by atoms with Crippen LogP contribution in [0.1, 0.15) is 36.0 Å². The maximum atomic E-state index is 12.5. The molecule has 1 unspecified atom stereocenters. The number of halogens is 1. The van der Waals surface area contributed by atoms with E-state index in [1.165, 1.54) is 0 Å². The summed E-state index contributed by atoms with van der Waals surface area (Å²) in [5.41, 5.74) is 7.28. The second-order valence-corrected chi connectivity index (χ2v) is 5.73. The maximum Gasteiger partial charge on any atom is 0.254 e. The fraction of sp³-hybridized carbons (Fsp3) is 0.500. The van der Waals surface area contributed by atoms with Crippen LogP contribution in [0, 0.1) is 0 Å². The van der Waals surface area contributed by atoms with Gasteiger partial charge in [0.05, 0.1) is 0 Å². The molecule has 2 N–H and O–H groups in total. The molecule has 1 aromatic carbocycles. The molecule has 2 aliphatic rings. The third-order valence-electron chi connectivity index (χ3n) is 4.41. The normalized spacial score (nSPS) is 21.1. The SMILES string of the molecule is Cl.NCC1CCCN1C(=O)c1ccc(N2CCCC2=O)cc1. The van der Waals surface area contributed by atoms with Crippen molar-refractivity contribution in [3.05, 3.63) is 29.8 Å². The minimum atomic E-state index is 0. The Labute approximate surface area is 136 Å². The predicted octanol–water partition coefficient (Wildman–Crippen LogP) is 1.80. The van der Waals surface area contributed by atoms with Crippen molar-refractivity contribution in [2.24, 2.45) is 5.73 Å². The number of hydrogen-bond donors (Lipinski definition) is 1. The van der Waals surface area contributed by atoms with Gasteiger partial charge in [-0.25, -0.2) is 0 Å². The number of carbonyl (C=O) groups excluding carboxylic acids is 2. The topological polar surface area (TPSA) is 66.6 Å². The highest BCUT2D eigenvalue weighted by Crippen LogP contribution is 2.24. The lowest BCUT2D eigenvalue weighted by Gasteiger charge is -2.24. The highest BCUT2D eigenvalue weighted by molar-refractivity contribution is 5.97. The van der Waals surface area contributed by atoms with Gasteiger partial charge in [0.2, 0.25) is 5.91 Å². The summed E-state index contributed by atoms with van der Waals surface area (Å²) in [5.74, 6) is 0.207. The highest BCUT2D eigenvalue weighted by atomic mass is 35.5. The first-order valence-corrected chi connectivity index (χ1v) is 7.62. The Morgan fingerprint density at radius 1 is 1.18 bits per heavy atom. The summed E-state index contributed by atoms with van der Waals surface area (Å²) in [7, 11) is 0. The Hall–Kier alpha value is -1.59. The fourth-order valence-corrected chi connectivity index (χ4v) is 3.22. The van der Waals surface area contributed by atoms with E-state index in [4.69, 9.17) is 5.73 Å².